The first-order valence-corrected chi connectivity index (χ1v) is 7.32. The van der Waals surface area contributed by atoms with Crippen LogP contribution in [0.5, 0.6) is 0 Å². The summed E-state index contributed by atoms with van der Waals surface area (Å²) in [5.74, 6) is -0.771. The van der Waals surface area contributed by atoms with Gasteiger partial charge in [-0.05, 0) is 19.1 Å². The number of hydrogen-bond donors (Lipinski definition) is 1. The Morgan fingerprint density at radius 2 is 2.20 bits per heavy atom. The molecule has 1 aliphatic rings. The Labute approximate surface area is 120 Å². The normalized spacial score (nSPS) is 16.6. The molecule has 3 rings (SSSR count). The van der Waals surface area contributed by atoms with Crippen molar-refractivity contribution in [1.29, 1.82) is 0 Å². The average Bonchev–Trinajstić information content (AvgIpc) is 2.90. The van der Waals surface area contributed by atoms with E-state index in [0.717, 1.165) is 29.2 Å². The van der Waals surface area contributed by atoms with Crippen LogP contribution in [0.25, 0.3) is 10.6 Å². The number of fused-ring (bicyclic) bond motifs is 1. The van der Waals surface area contributed by atoms with Crippen LogP contribution in [-0.4, -0.2) is 38.5 Å². The Morgan fingerprint density at radius 3 is 2.90 bits per heavy atom. The number of pyridine rings is 1. The van der Waals surface area contributed by atoms with Gasteiger partial charge in [-0.25, -0.2) is 4.98 Å². The second-order valence-electron chi connectivity index (χ2n) is 4.86. The van der Waals surface area contributed by atoms with Crippen molar-refractivity contribution in [1.82, 2.24) is 14.9 Å². The van der Waals surface area contributed by atoms with E-state index in [1.165, 1.54) is 4.88 Å². The van der Waals surface area contributed by atoms with Crippen molar-refractivity contribution in [3.8, 4) is 10.6 Å². The molecule has 2 aromatic heterocycles. The van der Waals surface area contributed by atoms with E-state index < -0.39 is 12.0 Å². The molecular formula is C14H15N3O2S. The van der Waals surface area contributed by atoms with Crippen LogP contribution < -0.4 is 0 Å². The van der Waals surface area contributed by atoms with Gasteiger partial charge in [-0.15, -0.1) is 11.3 Å². The maximum Gasteiger partial charge on any atom is 0.320 e. The van der Waals surface area contributed by atoms with Crippen molar-refractivity contribution < 1.29 is 9.90 Å². The third kappa shape index (κ3) is 2.44. The fourth-order valence-electron chi connectivity index (χ4n) is 2.32. The largest absolute Gasteiger partial charge is 0.480 e. The lowest BCUT2D eigenvalue weighted by Gasteiger charge is -2.28. The Kier molecular flexibility index (Phi) is 3.50. The summed E-state index contributed by atoms with van der Waals surface area (Å²) in [6.07, 6.45) is 4.33. The number of rotatable bonds is 3. The van der Waals surface area contributed by atoms with Gasteiger partial charge in [-0.2, -0.15) is 0 Å². The first kappa shape index (κ1) is 13.2. The lowest BCUT2D eigenvalue weighted by molar-refractivity contribution is -0.142. The van der Waals surface area contributed by atoms with Gasteiger partial charge in [0.25, 0.3) is 0 Å². The molecule has 0 saturated carbocycles. The number of nitrogens with zero attached hydrogens (tertiary/aromatic N) is 3. The zero-order valence-corrected chi connectivity index (χ0v) is 11.9. The minimum absolute atomic E-state index is 0.449. The molecule has 20 heavy (non-hydrogen) atoms. The number of aliphatic carboxylic acids is 1. The molecule has 1 atom stereocenters. The van der Waals surface area contributed by atoms with E-state index in [4.69, 9.17) is 5.11 Å². The summed E-state index contributed by atoms with van der Waals surface area (Å²) in [4.78, 5) is 22.9. The highest BCUT2D eigenvalue weighted by Crippen LogP contribution is 2.31. The monoisotopic (exact) mass is 289 g/mol. The fraction of sp³-hybridized carbons (Fsp3) is 0.357. The minimum Gasteiger partial charge on any atom is -0.480 e. The summed E-state index contributed by atoms with van der Waals surface area (Å²) in [5.41, 5.74) is 2.17. The van der Waals surface area contributed by atoms with Gasteiger partial charge in [-0.1, -0.05) is 0 Å². The number of carboxylic acid groups (broad SMARTS) is 1. The molecule has 1 unspecified atom stereocenters. The van der Waals surface area contributed by atoms with Crippen molar-refractivity contribution in [2.45, 2.75) is 25.9 Å². The molecule has 0 spiro atoms. The van der Waals surface area contributed by atoms with Crippen LogP contribution in [0.15, 0.2) is 24.5 Å². The molecule has 0 amide bonds. The predicted octanol–water partition coefficient (Wildman–Crippen LogP) is 2.04. The molecule has 0 radical (unpaired) electrons. The van der Waals surface area contributed by atoms with Crippen LogP contribution in [0.1, 0.15) is 17.5 Å². The second-order valence-corrected chi connectivity index (χ2v) is 5.94. The van der Waals surface area contributed by atoms with Crippen molar-refractivity contribution in [2.75, 3.05) is 6.54 Å². The number of carbonyl (C=O) groups is 1. The van der Waals surface area contributed by atoms with Crippen LogP contribution in [0.3, 0.4) is 0 Å². The van der Waals surface area contributed by atoms with Gasteiger partial charge in [0.2, 0.25) is 0 Å². The average molecular weight is 289 g/mol. The van der Waals surface area contributed by atoms with E-state index in [0.29, 0.717) is 6.54 Å². The Morgan fingerprint density at radius 1 is 1.45 bits per heavy atom. The number of carboxylic acids is 1. The van der Waals surface area contributed by atoms with Crippen molar-refractivity contribution in [3.63, 3.8) is 0 Å². The SMILES string of the molecule is CC(C(=O)O)N1CCc2nc(-c3ccncc3)sc2C1. The van der Waals surface area contributed by atoms with E-state index in [9.17, 15) is 4.79 Å². The fourth-order valence-corrected chi connectivity index (χ4v) is 3.46. The molecule has 2 aromatic rings. The molecule has 5 nitrogen and oxygen atoms in total. The van der Waals surface area contributed by atoms with Crippen LogP contribution >= 0.6 is 11.3 Å². The summed E-state index contributed by atoms with van der Waals surface area (Å²) in [6.45, 7) is 3.16. The van der Waals surface area contributed by atoms with E-state index in [2.05, 4.69) is 9.97 Å². The molecule has 3 heterocycles. The van der Waals surface area contributed by atoms with Gasteiger partial charge in [0, 0.05) is 42.3 Å². The van der Waals surface area contributed by atoms with Gasteiger partial charge in [0.05, 0.1) is 5.69 Å². The second kappa shape index (κ2) is 5.30. The first-order chi connectivity index (χ1) is 9.65. The zero-order chi connectivity index (χ0) is 14.1. The molecule has 1 N–H and O–H groups in total. The van der Waals surface area contributed by atoms with E-state index >= 15 is 0 Å². The standard InChI is InChI=1S/C14H15N3O2S/c1-9(14(18)19)17-7-4-11-12(8-17)20-13(16-11)10-2-5-15-6-3-10/h2-3,5-6,9H,4,7-8H2,1H3,(H,18,19). The van der Waals surface area contributed by atoms with Crippen LogP contribution in [0.4, 0.5) is 0 Å². The highest BCUT2D eigenvalue weighted by Gasteiger charge is 2.27. The summed E-state index contributed by atoms with van der Waals surface area (Å²) in [7, 11) is 0. The molecule has 0 aromatic carbocycles. The summed E-state index contributed by atoms with van der Waals surface area (Å²) in [6, 6.07) is 3.44. The van der Waals surface area contributed by atoms with Gasteiger partial charge >= 0.3 is 5.97 Å². The Hall–Kier alpha value is -1.79. The van der Waals surface area contributed by atoms with Crippen LogP contribution in [0.2, 0.25) is 0 Å². The Balaban J connectivity index is 1.85. The number of thiazole rings is 1. The highest BCUT2D eigenvalue weighted by atomic mass is 32.1. The van der Waals surface area contributed by atoms with Gasteiger partial charge in [0.15, 0.2) is 0 Å². The zero-order valence-electron chi connectivity index (χ0n) is 11.1. The highest BCUT2D eigenvalue weighted by molar-refractivity contribution is 7.15. The molecule has 1 aliphatic heterocycles. The minimum atomic E-state index is -0.771. The van der Waals surface area contributed by atoms with Crippen molar-refractivity contribution in [2.24, 2.45) is 0 Å². The molecule has 0 bridgehead atoms. The number of hydrogen-bond acceptors (Lipinski definition) is 5. The molecule has 6 heteroatoms. The van der Waals surface area contributed by atoms with Crippen molar-refractivity contribution in [3.05, 3.63) is 35.1 Å². The molecule has 0 aliphatic carbocycles. The lowest BCUT2D eigenvalue weighted by Crippen LogP contribution is -2.41. The third-order valence-corrected chi connectivity index (χ3v) is 4.72. The third-order valence-electron chi connectivity index (χ3n) is 3.59. The van der Waals surface area contributed by atoms with Crippen LogP contribution in [-0.2, 0) is 17.8 Å². The maximum absolute atomic E-state index is 11.1. The summed E-state index contributed by atoms with van der Waals surface area (Å²) in [5, 5.41) is 10.1. The molecule has 0 saturated heterocycles. The Bertz CT molecular complexity index is 627. The van der Waals surface area contributed by atoms with E-state index in [-0.39, 0.29) is 0 Å². The lowest BCUT2D eigenvalue weighted by atomic mass is 10.1. The van der Waals surface area contributed by atoms with E-state index in [1.807, 2.05) is 17.0 Å². The quantitative estimate of drug-likeness (QED) is 0.936. The van der Waals surface area contributed by atoms with Crippen LogP contribution in [0, 0.1) is 0 Å². The number of aromatic nitrogens is 2. The summed E-state index contributed by atoms with van der Waals surface area (Å²) < 4.78 is 0. The molecule has 104 valence electrons. The summed E-state index contributed by atoms with van der Waals surface area (Å²) >= 11 is 1.65. The predicted molar refractivity (Wildman–Crippen MR) is 76.6 cm³/mol. The smallest absolute Gasteiger partial charge is 0.320 e. The first-order valence-electron chi connectivity index (χ1n) is 6.51. The maximum atomic E-state index is 11.1. The van der Waals surface area contributed by atoms with Crippen molar-refractivity contribution >= 4 is 17.3 Å². The van der Waals surface area contributed by atoms with Gasteiger partial charge in [0.1, 0.15) is 11.0 Å². The topological polar surface area (TPSA) is 66.3 Å². The molecular weight excluding hydrogens is 274 g/mol. The van der Waals surface area contributed by atoms with Gasteiger partial charge < -0.3 is 5.11 Å². The van der Waals surface area contributed by atoms with Gasteiger partial charge in [-0.3, -0.25) is 14.7 Å². The molecule has 0 fully saturated rings. The van der Waals surface area contributed by atoms with E-state index in [1.54, 1.807) is 30.7 Å².